The molecule has 0 unspecified atom stereocenters. The van der Waals surface area contributed by atoms with Gasteiger partial charge in [-0.25, -0.2) is 8.78 Å². The fourth-order valence-electron chi connectivity index (χ4n) is 3.23. The number of hydrogen-bond donors (Lipinski definition) is 0. The average Bonchev–Trinajstić information content (AvgIpc) is 2.69. The molecule has 0 saturated carbocycles. The van der Waals surface area contributed by atoms with Gasteiger partial charge in [0.25, 0.3) is 0 Å². The van der Waals surface area contributed by atoms with E-state index >= 15 is 0 Å². The monoisotopic (exact) mass is 312 g/mol. The zero-order valence-corrected chi connectivity index (χ0v) is 12.9. The molecule has 0 saturated heterocycles. The van der Waals surface area contributed by atoms with Crippen LogP contribution in [0.2, 0.25) is 0 Å². The summed E-state index contributed by atoms with van der Waals surface area (Å²) < 4.78 is 27.7. The van der Waals surface area contributed by atoms with Gasteiger partial charge in [-0.15, -0.1) is 11.8 Å². The third-order valence-electron chi connectivity index (χ3n) is 4.44. The predicted molar refractivity (Wildman–Crippen MR) is 87.4 cm³/mol. The van der Waals surface area contributed by atoms with Gasteiger partial charge in [0.1, 0.15) is 0 Å². The third kappa shape index (κ3) is 1.96. The lowest BCUT2D eigenvalue weighted by molar-refractivity contribution is 0.500. The van der Waals surface area contributed by atoms with Gasteiger partial charge in [0.05, 0.1) is 0 Å². The quantitative estimate of drug-likeness (QED) is 0.500. The van der Waals surface area contributed by atoms with Gasteiger partial charge in [0.2, 0.25) is 0 Å². The minimum atomic E-state index is -0.762. The fraction of sp³-hybridized carbons (Fsp3) is 0.158. The Morgan fingerprint density at radius 1 is 0.955 bits per heavy atom. The van der Waals surface area contributed by atoms with Crippen molar-refractivity contribution in [1.82, 2.24) is 0 Å². The van der Waals surface area contributed by atoms with E-state index in [1.807, 2.05) is 12.1 Å². The first kappa shape index (κ1) is 13.8. The summed E-state index contributed by atoms with van der Waals surface area (Å²) >= 11 is 1.60. The van der Waals surface area contributed by atoms with Crippen molar-refractivity contribution in [3.8, 4) is 0 Å². The van der Waals surface area contributed by atoms with Crippen LogP contribution in [0.5, 0.6) is 0 Å². The molecular weight excluding hydrogens is 298 g/mol. The predicted octanol–water partition coefficient (Wildman–Crippen LogP) is 5.88. The molecule has 1 aliphatic rings. The van der Waals surface area contributed by atoms with Gasteiger partial charge in [-0.2, -0.15) is 0 Å². The molecule has 0 radical (unpaired) electrons. The average molecular weight is 312 g/mol. The molecule has 3 aromatic rings. The number of fused-ring (bicyclic) bond motifs is 4. The van der Waals surface area contributed by atoms with Crippen molar-refractivity contribution in [2.45, 2.75) is 23.5 Å². The Morgan fingerprint density at radius 3 is 2.59 bits per heavy atom. The highest BCUT2D eigenvalue weighted by Crippen LogP contribution is 2.44. The number of hydrogen-bond acceptors (Lipinski definition) is 1. The molecule has 0 fully saturated rings. The van der Waals surface area contributed by atoms with E-state index in [1.165, 1.54) is 27.3 Å². The Labute approximate surface area is 132 Å². The van der Waals surface area contributed by atoms with Crippen LogP contribution in [0.15, 0.2) is 53.4 Å². The second-order valence-electron chi connectivity index (χ2n) is 5.64. The summed E-state index contributed by atoms with van der Waals surface area (Å²) in [5, 5.41) is 2.36. The van der Waals surface area contributed by atoms with Crippen molar-refractivity contribution in [2.75, 3.05) is 0 Å². The summed E-state index contributed by atoms with van der Waals surface area (Å²) in [4.78, 5) is 1.18. The number of benzene rings is 3. The molecule has 1 atom stereocenters. The molecule has 3 aromatic carbocycles. The van der Waals surface area contributed by atoms with Crippen molar-refractivity contribution >= 4 is 22.5 Å². The van der Waals surface area contributed by atoms with E-state index < -0.39 is 11.6 Å². The van der Waals surface area contributed by atoms with Crippen molar-refractivity contribution in [3.05, 3.63) is 76.9 Å². The number of thioether (sulfide) groups is 1. The maximum Gasteiger partial charge on any atom is 0.163 e. The van der Waals surface area contributed by atoms with Crippen LogP contribution >= 0.6 is 11.8 Å². The Morgan fingerprint density at radius 2 is 1.73 bits per heavy atom. The van der Waals surface area contributed by atoms with Crippen molar-refractivity contribution in [1.29, 1.82) is 0 Å². The second kappa shape index (κ2) is 5.10. The van der Waals surface area contributed by atoms with E-state index in [-0.39, 0.29) is 5.92 Å². The Bertz CT molecular complexity index is 886. The van der Waals surface area contributed by atoms with Crippen LogP contribution in [-0.4, -0.2) is 0 Å². The smallest absolute Gasteiger partial charge is 0.163 e. The third-order valence-corrected chi connectivity index (χ3v) is 5.61. The molecule has 1 heterocycles. The van der Waals surface area contributed by atoms with Gasteiger partial charge in [-0.3, -0.25) is 0 Å². The highest BCUT2D eigenvalue weighted by Gasteiger charge is 2.25. The normalized spacial score (nSPS) is 17.0. The number of rotatable bonds is 0. The molecule has 0 N–H and O–H groups in total. The van der Waals surface area contributed by atoms with E-state index in [0.717, 1.165) is 5.56 Å². The Kier molecular flexibility index (Phi) is 3.19. The summed E-state index contributed by atoms with van der Waals surface area (Å²) in [7, 11) is 0. The maximum atomic E-state index is 14.2. The summed E-state index contributed by atoms with van der Waals surface area (Å²) in [6, 6.07) is 15.4. The van der Waals surface area contributed by atoms with Gasteiger partial charge >= 0.3 is 0 Å². The maximum absolute atomic E-state index is 14.2. The van der Waals surface area contributed by atoms with E-state index in [2.05, 4.69) is 31.2 Å². The van der Waals surface area contributed by atoms with Crippen LogP contribution in [0.3, 0.4) is 0 Å². The fourth-order valence-corrected chi connectivity index (χ4v) is 4.57. The Balaban J connectivity index is 1.98. The van der Waals surface area contributed by atoms with Gasteiger partial charge < -0.3 is 0 Å². The van der Waals surface area contributed by atoms with E-state index in [0.29, 0.717) is 11.3 Å². The molecule has 0 aromatic heterocycles. The molecule has 0 bridgehead atoms. The lowest BCUT2D eigenvalue weighted by atomic mass is 9.88. The van der Waals surface area contributed by atoms with Crippen LogP contribution in [-0.2, 0) is 5.75 Å². The van der Waals surface area contributed by atoms with E-state index in [4.69, 9.17) is 0 Å². The molecule has 22 heavy (non-hydrogen) atoms. The molecular formula is C19H14F2S. The molecule has 0 nitrogen and oxygen atoms in total. The highest BCUT2D eigenvalue weighted by atomic mass is 32.2. The topological polar surface area (TPSA) is 0 Å². The molecule has 4 rings (SSSR count). The lowest BCUT2D eigenvalue weighted by Gasteiger charge is -2.16. The first-order valence-electron chi connectivity index (χ1n) is 7.28. The zero-order chi connectivity index (χ0) is 15.3. The van der Waals surface area contributed by atoms with Crippen LogP contribution in [0, 0.1) is 11.6 Å². The SMILES string of the molecule is C[C@H]1c2ccc(F)c(F)c2CSc2c1ccc1ccccc21. The van der Waals surface area contributed by atoms with Crippen molar-refractivity contribution in [3.63, 3.8) is 0 Å². The molecule has 0 aliphatic carbocycles. The highest BCUT2D eigenvalue weighted by molar-refractivity contribution is 7.98. The van der Waals surface area contributed by atoms with Crippen LogP contribution in [0.25, 0.3) is 10.8 Å². The largest absolute Gasteiger partial charge is 0.204 e. The lowest BCUT2D eigenvalue weighted by Crippen LogP contribution is -2.02. The molecule has 0 spiro atoms. The summed E-state index contributed by atoms with van der Waals surface area (Å²) in [6.45, 7) is 2.07. The molecule has 110 valence electrons. The standard InChI is InChI=1S/C19H14F2S/c1-11-13-8-9-17(20)18(21)16(13)10-22-19-14(11)7-6-12-4-2-3-5-15(12)19/h2-9,11H,10H2,1H3/t11-/m0/s1. The summed E-state index contributed by atoms with van der Waals surface area (Å²) in [5.41, 5.74) is 2.58. The molecule has 1 aliphatic heterocycles. The van der Waals surface area contributed by atoms with Crippen molar-refractivity contribution in [2.24, 2.45) is 0 Å². The molecule has 0 amide bonds. The van der Waals surface area contributed by atoms with Crippen LogP contribution in [0.4, 0.5) is 8.78 Å². The van der Waals surface area contributed by atoms with Gasteiger partial charge in [-0.1, -0.05) is 49.4 Å². The number of halogens is 2. The van der Waals surface area contributed by atoms with Crippen LogP contribution < -0.4 is 0 Å². The van der Waals surface area contributed by atoms with E-state index in [1.54, 1.807) is 17.8 Å². The summed E-state index contributed by atoms with van der Waals surface area (Å²) in [5.74, 6) is -0.944. The first-order valence-corrected chi connectivity index (χ1v) is 8.26. The van der Waals surface area contributed by atoms with Gasteiger partial charge in [0, 0.05) is 22.1 Å². The summed E-state index contributed by atoms with van der Waals surface area (Å²) in [6.07, 6.45) is 0. The second-order valence-corrected chi connectivity index (χ2v) is 6.63. The van der Waals surface area contributed by atoms with E-state index in [9.17, 15) is 8.78 Å². The Hall–Kier alpha value is -1.87. The minimum absolute atomic E-state index is 0.0553. The van der Waals surface area contributed by atoms with Crippen LogP contribution in [0.1, 0.15) is 29.5 Å². The minimum Gasteiger partial charge on any atom is -0.204 e. The van der Waals surface area contributed by atoms with Gasteiger partial charge in [-0.05, 0) is 28.0 Å². The van der Waals surface area contributed by atoms with Crippen molar-refractivity contribution < 1.29 is 8.78 Å². The van der Waals surface area contributed by atoms with Gasteiger partial charge in [0.15, 0.2) is 11.6 Å². The molecule has 3 heteroatoms. The first-order chi connectivity index (χ1) is 10.7. The zero-order valence-electron chi connectivity index (χ0n) is 12.1.